The van der Waals surface area contributed by atoms with E-state index < -0.39 is 0 Å². The first-order valence-corrected chi connectivity index (χ1v) is 2.76. The molecule has 0 saturated carbocycles. The van der Waals surface area contributed by atoms with Crippen molar-refractivity contribution in [3.63, 3.8) is 0 Å². The summed E-state index contributed by atoms with van der Waals surface area (Å²) in [5.41, 5.74) is 6.72. The van der Waals surface area contributed by atoms with Crippen molar-refractivity contribution < 1.29 is 4.74 Å². The minimum absolute atomic E-state index is 0.00991. The Morgan fingerprint density at radius 3 is 2.44 bits per heavy atom. The molecule has 1 aromatic carbocycles. The SMILES string of the molecule is [NH]COc1ccccc1. The maximum absolute atomic E-state index is 6.72. The molecular formula is C7H8NO. The minimum Gasteiger partial charge on any atom is -0.477 e. The molecule has 9 heavy (non-hydrogen) atoms. The van der Waals surface area contributed by atoms with Gasteiger partial charge in [0.15, 0.2) is 6.73 Å². The smallest absolute Gasteiger partial charge is 0.151 e. The van der Waals surface area contributed by atoms with Crippen molar-refractivity contribution >= 4 is 0 Å². The van der Waals surface area contributed by atoms with Crippen LogP contribution in [0.3, 0.4) is 0 Å². The lowest BCUT2D eigenvalue weighted by molar-refractivity contribution is 0.323. The van der Waals surface area contributed by atoms with Gasteiger partial charge in [-0.3, -0.25) is 0 Å². The molecule has 0 aliphatic carbocycles. The lowest BCUT2D eigenvalue weighted by Gasteiger charge is -1.98. The number of rotatable bonds is 2. The number of hydrogen-bond acceptors (Lipinski definition) is 1. The van der Waals surface area contributed by atoms with E-state index in [-0.39, 0.29) is 6.73 Å². The normalized spacial score (nSPS) is 9.00. The molecule has 0 heterocycles. The van der Waals surface area contributed by atoms with Gasteiger partial charge in [-0.15, -0.1) is 0 Å². The van der Waals surface area contributed by atoms with E-state index in [1.54, 1.807) is 0 Å². The fourth-order valence-electron chi connectivity index (χ4n) is 0.600. The van der Waals surface area contributed by atoms with Gasteiger partial charge in [0.05, 0.1) is 0 Å². The molecule has 1 rings (SSSR count). The third-order valence-corrected chi connectivity index (χ3v) is 0.982. The molecule has 1 aromatic rings. The van der Waals surface area contributed by atoms with Crippen molar-refractivity contribution in [2.24, 2.45) is 0 Å². The topological polar surface area (TPSA) is 33.0 Å². The van der Waals surface area contributed by atoms with Gasteiger partial charge in [0.2, 0.25) is 0 Å². The maximum Gasteiger partial charge on any atom is 0.151 e. The standard InChI is InChI=1S/C7H8NO/c8-6-9-7-4-2-1-3-5-7/h1-5,8H,6H2. The Morgan fingerprint density at radius 1 is 1.22 bits per heavy atom. The third kappa shape index (κ3) is 1.74. The van der Waals surface area contributed by atoms with Gasteiger partial charge in [-0.25, -0.2) is 5.73 Å². The fraction of sp³-hybridized carbons (Fsp3) is 0.143. The van der Waals surface area contributed by atoms with E-state index in [1.165, 1.54) is 0 Å². The van der Waals surface area contributed by atoms with Crippen molar-refractivity contribution in [3.8, 4) is 5.75 Å². The van der Waals surface area contributed by atoms with E-state index in [4.69, 9.17) is 10.5 Å². The van der Waals surface area contributed by atoms with E-state index in [1.807, 2.05) is 30.3 Å². The second kappa shape index (κ2) is 3.10. The molecule has 2 heteroatoms. The van der Waals surface area contributed by atoms with Gasteiger partial charge in [-0.1, -0.05) is 18.2 Å². The molecule has 0 saturated heterocycles. The van der Waals surface area contributed by atoms with Crippen LogP contribution in [0.25, 0.3) is 0 Å². The molecule has 0 atom stereocenters. The van der Waals surface area contributed by atoms with E-state index in [0.717, 1.165) is 5.75 Å². The molecule has 0 bridgehead atoms. The van der Waals surface area contributed by atoms with E-state index in [0.29, 0.717) is 0 Å². The third-order valence-electron chi connectivity index (χ3n) is 0.982. The predicted molar refractivity (Wildman–Crippen MR) is 35.0 cm³/mol. The average molecular weight is 122 g/mol. The Hall–Kier alpha value is -1.02. The van der Waals surface area contributed by atoms with Crippen molar-refractivity contribution in [3.05, 3.63) is 30.3 Å². The Balaban J connectivity index is 2.61. The molecule has 0 unspecified atom stereocenters. The predicted octanol–water partition coefficient (Wildman–Crippen LogP) is 1.31. The highest BCUT2D eigenvalue weighted by Gasteiger charge is 1.84. The fourth-order valence-corrected chi connectivity index (χ4v) is 0.600. The summed E-state index contributed by atoms with van der Waals surface area (Å²) < 4.78 is 4.87. The maximum atomic E-state index is 6.72. The van der Waals surface area contributed by atoms with Crippen LogP contribution in [0.15, 0.2) is 30.3 Å². The molecule has 0 amide bonds. The van der Waals surface area contributed by atoms with Crippen molar-refractivity contribution in [2.45, 2.75) is 0 Å². The second-order valence-corrected chi connectivity index (χ2v) is 1.60. The first kappa shape index (κ1) is 6.11. The average Bonchev–Trinajstić information content (AvgIpc) is 1.91. The van der Waals surface area contributed by atoms with Crippen LogP contribution in [0.4, 0.5) is 0 Å². The molecule has 0 aromatic heterocycles. The summed E-state index contributed by atoms with van der Waals surface area (Å²) in [5.74, 6) is 0.757. The highest BCUT2D eigenvalue weighted by Crippen LogP contribution is 2.06. The molecule has 0 fully saturated rings. The van der Waals surface area contributed by atoms with Crippen molar-refractivity contribution in [1.29, 1.82) is 0 Å². The summed E-state index contributed by atoms with van der Waals surface area (Å²) in [6, 6.07) is 9.33. The minimum atomic E-state index is -0.00991. The summed E-state index contributed by atoms with van der Waals surface area (Å²) in [6.07, 6.45) is 0. The van der Waals surface area contributed by atoms with E-state index in [9.17, 15) is 0 Å². The lowest BCUT2D eigenvalue weighted by atomic mass is 10.3. The van der Waals surface area contributed by atoms with Crippen LogP contribution < -0.4 is 10.5 Å². The first-order valence-electron chi connectivity index (χ1n) is 2.76. The van der Waals surface area contributed by atoms with Crippen LogP contribution in [-0.2, 0) is 0 Å². The monoisotopic (exact) mass is 122 g/mol. The molecule has 47 valence electrons. The summed E-state index contributed by atoms with van der Waals surface area (Å²) in [7, 11) is 0. The Bertz CT molecular complexity index is 162. The highest BCUT2D eigenvalue weighted by atomic mass is 16.5. The number of ether oxygens (including phenoxy) is 1. The second-order valence-electron chi connectivity index (χ2n) is 1.60. The van der Waals surface area contributed by atoms with Gasteiger partial charge in [0, 0.05) is 0 Å². The first-order chi connectivity index (χ1) is 4.43. The molecule has 1 radical (unpaired) electrons. The van der Waals surface area contributed by atoms with Crippen molar-refractivity contribution in [2.75, 3.05) is 6.73 Å². The van der Waals surface area contributed by atoms with Crippen LogP contribution in [0.2, 0.25) is 0 Å². The Labute approximate surface area is 54.2 Å². The zero-order valence-electron chi connectivity index (χ0n) is 5.00. The molecule has 0 aliphatic rings. The van der Waals surface area contributed by atoms with Gasteiger partial charge in [-0.2, -0.15) is 0 Å². The largest absolute Gasteiger partial charge is 0.477 e. The number of benzene rings is 1. The summed E-state index contributed by atoms with van der Waals surface area (Å²) in [4.78, 5) is 0. The van der Waals surface area contributed by atoms with Gasteiger partial charge in [-0.05, 0) is 12.1 Å². The molecule has 0 spiro atoms. The zero-order valence-corrected chi connectivity index (χ0v) is 5.00. The Morgan fingerprint density at radius 2 is 1.89 bits per heavy atom. The van der Waals surface area contributed by atoms with E-state index >= 15 is 0 Å². The molecule has 2 nitrogen and oxygen atoms in total. The summed E-state index contributed by atoms with van der Waals surface area (Å²) >= 11 is 0. The zero-order chi connectivity index (χ0) is 6.53. The van der Waals surface area contributed by atoms with Gasteiger partial charge >= 0.3 is 0 Å². The van der Waals surface area contributed by atoms with Gasteiger partial charge in [0.1, 0.15) is 5.75 Å². The Kier molecular flexibility index (Phi) is 2.10. The van der Waals surface area contributed by atoms with Crippen LogP contribution >= 0.6 is 0 Å². The van der Waals surface area contributed by atoms with Crippen LogP contribution in [0.5, 0.6) is 5.75 Å². The summed E-state index contributed by atoms with van der Waals surface area (Å²) in [5, 5.41) is 0. The van der Waals surface area contributed by atoms with Crippen LogP contribution in [0, 0.1) is 0 Å². The summed E-state index contributed by atoms with van der Waals surface area (Å²) in [6.45, 7) is -0.00991. The van der Waals surface area contributed by atoms with Gasteiger partial charge < -0.3 is 4.74 Å². The van der Waals surface area contributed by atoms with Gasteiger partial charge in [0.25, 0.3) is 0 Å². The van der Waals surface area contributed by atoms with E-state index in [2.05, 4.69) is 0 Å². The molecule has 1 N–H and O–H groups in total. The van der Waals surface area contributed by atoms with Crippen LogP contribution in [-0.4, -0.2) is 6.73 Å². The number of para-hydroxylation sites is 1. The molecular weight excluding hydrogens is 114 g/mol. The quantitative estimate of drug-likeness (QED) is 0.582. The number of hydrogen-bond donors (Lipinski definition) is 0. The van der Waals surface area contributed by atoms with Crippen molar-refractivity contribution in [1.82, 2.24) is 5.73 Å². The van der Waals surface area contributed by atoms with Crippen LogP contribution in [0.1, 0.15) is 0 Å². The molecule has 0 aliphatic heterocycles. The highest BCUT2D eigenvalue weighted by molar-refractivity contribution is 5.20. The number of nitrogens with one attached hydrogen (secondary N) is 1. The lowest BCUT2D eigenvalue weighted by Crippen LogP contribution is -1.95.